The molecule has 6 heteroatoms. The summed E-state index contributed by atoms with van der Waals surface area (Å²) in [6.07, 6.45) is -4.54. The molecule has 0 amide bonds. The molecule has 0 aliphatic heterocycles. The fraction of sp³-hybridized carbons (Fsp3) is 0.200. The first-order chi connectivity index (χ1) is 9.86. The Kier molecular flexibility index (Phi) is 3.97. The maximum atomic E-state index is 12.8. The molecule has 0 radical (unpaired) electrons. The highest BCUT2D eigenvalue weighted by Crippen LogP contribution is 2.41. The maximum absolute atomic E-state index is 12.8. The van der Waals surface area contributed by atoms with Gasteiger partial charge < -0.3 is 14.6 Å². The molecule has 2 rings (SSSR count). The van der Waals surface area contributed by atoms with E-state index < -0.39 is 17.5 Å². The van der Waals surface area contributed by atoms with Gasteiger partial charge in [0.2, 0.25) is 0 Å². The van der Waals surface area contributed by atoms with Gasteiger partial charge in [0, 0.05) is 5.56 Å². The van der Waals surface area contributed by atoms with Gasteiger partial charge in [0.15, 0.2) is 11.5 Å². The van der Waals surface area contributed by atoms with Crippen LogP contribution in [0.15, 0.2) is 36.4 Å². The number of phenolic OH excluding ortho intramolecular Hbond substituents is 1. The van der Waals surface area contributed by atoms with Crippen LogP contribution in [0.5, 0.6) is 17.2 Å². The van der Waals surface area contributed by atoms with E-state index in [4.69, 9.17) is 9.47 Å². The molecule has 0 heterocycles. The molecule has 0 atom stereocenters. The van der Waals surface area contributed by atoms with Gasteiger partial charge in [0.1, 0.15) is 5.75 Å². The molecule has 3 nitrogen and oxygen atoms in total. The average Bonchev–Trinajstić information content (AvgIpc) is 2.44. The Morgan fingerprint density at radius 2 is 1.71 bits per heavy atom. The summed E-state index contributed by atoms with van der Waals surface area (Å²) in [5.41, 5.74) is -0.335. The Hall–Kier alpha value is -2.37. The number of ether oxygens (including phenoxy) is 2. The van der Waals surface area contributed by atoms with Gasteiger partial charge in [-0.2, -0.15) is 13.2 Å². The van der Waals surface area contributed by atoms with Crippen molar-refractivity contribution < 1.29 is 27.8 Å². The molecule has 0 saturated carbocycles. The van der Waals surface area contributed by atoms with Crippen LogP contribution in [0.3, 0.4) is 0 Å². The molecular weight excluding hydrogens is 285 g/mol. The lowest BCUT2D eigenvalue weighted by molar-refractivity contribution is -0.137. The second-order valence-electron chi connectivity index (χ2n) is 4.31. The van der Waals surface area contributed by atoms with Crippen molar-refractivity contribution >= 4 is 0 Å². The lowest BCUT2D eigenvalue weighted by atomic mass is 10.0. The fourth-order valence-corrected chi connectivity index (χ4v) is 2.04. The first-order valence-electron chi connectivity index (χ1n) is 5.99. The Bertz CT molecular complexity index is 651. The molecule has 0 aromatic heterocycles. The Morgan fingerprint density at radius 3 is 2.29 bits per heavy atom. The summed E-state index contributed by atoms with van der Waals surface area (Å²) >= 11 is 0. The second-order valence-corrected chi connectivity index (χ2v) is 4.31. The van der Waals surface area contributed by atoms with Gasteiger partial charge in [0.05, 0.1) is 19.8 Å². The molecule has 112 valence electrons. The van der Waals surface area contributed by atoms with E-state index in [9.17, 15) is 18.3 Å². The zero-order valence-electron chi connectivity index (χ0n) is 11.4. The van der Waals surface area contributed by atoms with E-state index in [1.54, 1.807) is 18.2 Å². The van der Waals surface area contributed by atoms with E-state index in [-0.39, 0.29) is 5.56 Å². The largest absolute Gasteiger partial charge is 0.508 e. The van der Waals surface area contributed by atoms with E-state index in [2.05, 4.69) is 0 Å². The Morgan fingerprint density at radius 1 is 1.00 bits per heavy atom. The quantitative estimate of drug-likeness (QED) is 0.927. The van der Waals surface area contributed by atoms with Gasteiger partial charge in [-0.1, -0.05) is 12.1 Å². The van der Waals surface area contributed by atoms with Crippen molar-refractivity contribution in [1.29, 1.82) is 0 Å². The van der Waals surface area contributed by atoms with Crippen LogP contribution in [0.4, 0.5) is 13.2 Å². The smallest absolute Gasteiger partial charge is 0.416 e. The number of alkyl halides is 3. The summed E-state index contributed by atoms with van der Waals surface area (Å²) in [5, 5.41) is 9.54. The van der Waals surface area contributed by atoms with Gasteiger partial charge in [-0.3, -0.25) is 0 Å². The van der Waals surface area contributed by atoms with E-state index in [0.29, 0.717) is 23.1 Å². The standard InChI is InChI=1S/C15H13F3O3/c1-20-13-5-3-4-12(14(13)21-2)9-6-10(15(16,17)18)8-11(19)7-9/h3-8,19H,1-2H3. The van der Waals surface area contributed by atoms with Crippen LogP contribution >= 0.6 is 0 Å². The molecule has 0 spiro atoms. The monoisotopic (exact) mass is 298 g/mol. The van der Waals surface area contributed by atoms with Crippen LogP contribution in [0, 0.1) is 0 Å². The topological polar surface area (TPSA) is 38.7 Å². The molecule has 0 unspecified atom stereocenters. The van der Waals surface area contributed by atoms with Crippen molar-refractivity contribution in [2.24, 2.45) is 0 Å². The van der Waals surface area contributed by atoms with Crippen molar-refractivity contribution in [3.8, 4) is 28.4 Å². The third kappa shape index (κ3) is 3.04. The van der Waals surface area contributed by atoms with E-state index in [1.807, 2.05) is 0 Å². The normalized spacial score (nSPS) is 11.3. The zero-order chi connectivity index (χ0) is 15.6. The summed E-state index contributed by atoms with van der Waals surface area (Å²) in [7, 11) is 2.83. The summed E-state index contributed by atoms with van der Waals surface area (Å²) in [6, 6.07) is 7.74. The van der Waals surface area contributed by atoms with Crippen LogP contribution in [-0.2, 0) is 6.18 Å². The van der Waals surface area contributed by atoms with Crippen molar-refractivity contribution in [1.82, 2.24) is 0 Å². The van der Waals surface area contributed by atoms with Gasteiger partial charge in [-0.15, -0.1) is 0 Å². The van der Waals surface area contributed by atoms with E-state index in [0.717, 1.165) is 6.07 Å². The highest BCUT2D eigenvalue weighted by Gasteiger charge is 2.31. The predicted molar refractivity (Wildman–Crippen MR) is 71.6 cm³/mol. The molecule has 2 aromatic rings. The molecule has 0 saturated heterocycles. The molecule has 0 aliphatic rings. The first-order valence-corrected chi connectivity index (χ1v) is 5.99. The molecule has 1 N–H and O–H groups in total. The van der Waals surface area contributed by atoms with Gasteiger partial charge >= 0.3 is 6.18 Å². The van der Waals surface area contributed by atoms with Crippen LogP contribution < -0.4 is 9.47 Å². The number of rotatable bonds is 3. The van der Waals surface area contributed by atoms with E-state index in [1.165, 1.54) is 20.3 Å². The number of hydrogen-bond acceptors (Lipinski definition) is 3. The highest BCUT2D eigenvalue weighted by molar-refractivity contribution is 5.75. The number of para-hydroxylation sites is 1. The van der Waals surface area contributed by atoms with Gasteiger partial charge in [0.25, 0.3) is 0 Å². The Balaban J connectivity index is 2.65. The molecule has 0 aliphatic carbocycles. The average molecular weight is 298 g/mol. The maximum Gasteiger partial charge on any atom is 0.416 e. The molecule has 0 bridgehead atoms. The predicted octanol–water partition coefficient (Wildman–Crippen LogP) is 4.10. The molecular formula is C15H13F3O3. The lowest BCUT2D eigenvalue weighted by Gasteiger charge is -2.14. The number of methoxy groups -OCH3 is 2. The van der Waals surface area contributed by atoms with Gasteiger partial charge in [-0.25, -0.2) is 0 Å². The number of phenols is 1. The first kappa shape index (κ1) is 15.0. The van der Waals surface area contributed by atoms with Crippen molar-refractivity contribution in [2.45, 2.75) is 6.18 Å². The Labute approximate surface area is 119 Å². The molecule has 21 heavy (non-hydrogen) atoms. The fourth-order valence-electron chi connectivity index (χ4n) is 2.04. The summed E-state index contributed by atoms with van der Waals surface area (Å²) in [4.78, 5) is 0. The van der Waals surface area contributed by atoms with Crippen molar-refractivity contribution in [2.75, 3.05) is 14.2 Å². The minimum absolute atomic E-state index is 0.193. The van der Waals surface area contributed by atoms with Crippen LogP contribution in [-0.4, -0.2) is 19.3 Å². The lowest BCUT2D eigenvalue weighted by Crippen LogP contribution is -2.05. The number of aromatic hydroxyl groups is 1. The van der Waals surface area contributed by atoms with Crippen molar-refractivity contribution in [3.05, 3.63) is 42.0 Å². The third-order valence-corrected chi connectivity index (χ3v) is 2.96. The summed E-state index contributed by atoms with van der Waals surface area (Å²) < 4.78 is 48.8. The van der Waals surface area contributed by atoms with E-state index >= 15 is 0 Å². The zero-order valence-corrected chi connectivity index (χ0v) is 11.4. The minimum atomic E-state index is -4.54. The summed E-state index contributed by atoms with van der Waals surface area (Å²) in [6.45, 7) is 0. The number of benzene rings is 2. The van der Waals surface area contributed by atoms with Crippen molar-refractivity contribution in [3.63, 3.8) is 0 Å². The number of halogens is 3. The second kappa shape index (κ2) is 5.55. The van der Waals surface area contributed by atoms with Crippen LogP contribution in [0.1, 0.15) is 5.56 Å². The van der Waals surface area contributed by atoms with Gasteiger partial charge in [-0.05, 0) is 29.8 Å². The SMILES string of the molecule is COc1cccc(-c2cc(O)cc(C(F)(F)F)c2)c1OC. The molecule has 0 fully saturated rings. The summed E-state index contributed by atoms with van der Waals surface area (Å²) in [5.74, 6) is 0.232. The minimum Gasteiger partial charge on any atom is -0.508 e. The molecule has 2 aromatic carbocycles. The highest BCUT2D eigenvalue weighted by atomic mass is 19.4. The third-order valence-electron chi connectivity index (χ3n) is 2.96. The van der Waals surface area contributed by atoms with Crippen LogP contribution in [0.2, 0.25) is 0 Å². The van der Waals surface area contributed by atoms with Crippen LogP contribution in [0.25, 0.3) is 11.1 Å². The number of hydrogen-bond donors (Lipinski definition) is 1.